The lowest BCUT2D eigenvalue weighted by atomic mass is 10.0. The lowest BCUT2D eigenvalue weighted by Gasteiger charge is -2.39. The number of alkyl halides is 3. The van der Waals surface area contributed by atoms with E-state index in [4.69, 9.17) is 0 Å². The summed E-state index contributed by atoms with van der Waals surface area (Å²) in [5.41, 5.74) is 1.17. The molecule has 0 amide bonds. The largest absolute Gasteiger partial charge is 0.390 e. The van der Waals surface area contributed by atoms with Crippen molar-refractivity contribution in [2.45, 2.75) is 18.6 Å². The molecule has 2 rings (SSSR count). The molecule has 106 valence electrons. The summed E-state index contributed by atoms with van der Waals surface area (Å²) in [5.74, 6) is 0. The van der Waals surface area contributed by atoms with Crippen LogP contribution in [-0.2, 0) is 0 Å². The molecule has 1 saturated heterocycles. The molecule has 2 nitrogen and oxygen atoms in total. The fourth-order valence-electron chi connectivity index (χ4n) is 2.45. The van der Waals surface area contributed by atoms with E-state index in [1.165, 1.54) is 5.56 Å². The molecular formula is C14H19F3N2. The Morgan fingerprint density at radius 2 is 1.84 bits per heavy atom. The Hall–Kier alpha value is -1.07. The van der Waals surface area contributed by atoms with Gasteiger partial charge in [-0.25, -0.2) is 0 Å². The topological polar surface area (TPSA) is 6.48 Å². The highest BCUT2D eigenvalue weighted by atomic mass is 19.4. The van der Waals surface area contributed by atoms with Crippen LogP contribution in [0.4, 0.5) is 13.2 Å². The van der Waals surface area contributed by atoms with Crippen LogP contribution >= 0.6 is 0 Å². The number of piperazine rings is 1. The highest BCUT2D eigenvalue weighted by molar-refractivity contribution is 5.19. The summed E-state index contributed by atoms with van der Waals surface area (Å²) < 4.78 is 36.8. The maximum absolute atomic E-state index is 12.3. The Labute approximate surface area is 111 Å². The molecule has 1 aliphatic rings. The van der Waals surface area contributed by atoms with Crippen molar-refractivity contribution >= 4 is 0 Å². The molecule has 0 aromatic heterocycles. The minimum absolute atomic E-state index is 0.0979. The van der Waals surface area contributed by atoms with Crippen LogP contribution in [0.5, 0.6) is 0 Å². The minimum Gasteiger partial charge on any atom is -0.300 e. The highest BCUT2D eigenvalue weighted by Gasteiger charge is 2.30. The number of likely N-dealkylation sites (N-methyl/N-ethyl adjacent to an activating group) is 1. The zero-order chi connectivity index (χ0) is 13.9. The Morgan fingerprint density at radius 3 is 2.47 bits per heavy atom. The van der Waals surface area contributed by atoms with Crippen molar-refractivity contribution in [2.75, 3.05) is 33.2 Å². The summed E-state index contributed by atoms with van der Waals surface area (Å²) in [6.45, 7) is 2.27. The highest BCUT2D eigenvalue weighted by Crippen LogP contribution is 2.25. The lowest BCUT2D eigenvalue weighted by molar-refractivity contribution is -0.139. The average Bonchev–Trinajstić information content (AvgIpc) is 2.38. The van der Waals surface area contributed by atoms with E-state index in [2.05, 4.69) is 4.90 Å². The van der Waals surface area contributed by atoms with E-state index in [0.717, 1.165) is 6.54 Å². The molecule has 0 bridgehead atoms. The smallest absolute Gasteiger partial charge is 0.300 e. The number of benzene rings is 1. The van der Waals surface area contributed by atoms with Gasteiger partial charge in [-0.05, 0) is 12.6 Å². The second kappa shape index (κ2) is 5.92. The average molecular weight is 272 g/mol. The van der Waals surface area contributed by atoms with Crippen LogP contribution in [0.3, 0.4) is 0 Å². The van der Waals surface area contributed by atoms with E-state index in [-0.39, 0.29) is 12.6 Å². The zero-order valence-corrected chi connectivity index (χ0v) is 11.0. The molecule has 1 aromatic carbocycles. The van der Waals surface area contributed by atoms with E-state index in [9.17, 15) is 13.2 Å². The third-order valence-corrected chi connectivity index (χ3v) is 3.63. The van der Waals surface area contributed by atoms with Crippen molar-refractivity contribution in [2.24, 2.45) is 0 Å². The van der Waals surface area contributed by atoms with Crippen LogP contribution in [0.25, 0.3) is 0 Å². The van der Waals surface area contributed by atoms with Crippen LogP contribution < -0.4 is 0 Å². The van der Waals surface area contributed by atoms with Gasteiger partial charge < -0.3 is 0 Å². The van der Waals surface area contributed by atoms with E-state index in [0.29, 0.717) is 13.1 Å². The molecule has 5 heteroatoms. The molecule has 0 N–H and O–H groups in total. The van der Waals surface area contributed by atoms with Gasteiger partial charge >= 0.3 is 6.18 Å². The number of halogens is 3. The predicted octanol–water partition coefficient (Wildman–Crippen LogP) is 2.93. The standard InChI is InChI=1S/C14H19F3N2/c1-18-9-10-19(8-7-14(15,16)17)11-13(18)12-5-3-2-4-6-12/h2-6,13H,7-11H2,1H3/t13-/m0/s1. The van der Waals surface area contributed by atoms with E-state index < -0.39 is 12.6 Å². The minimum atomic E-state index is -4.06. The van der Waals surface area contributed by atoms with Gasteiger partial charge in [-0.3, -0.25) is 9.80 Å². The fourth-order valence-corrected chi connectivity index (χ4v) is 2.45. The third-order valence-electron chi connectivity index (χ3n) is 3.63. The van der Waals surface area contributed by atoms with Gasteiger partial charge in [0.05, 0.1) is 6.42 Å². The van der Waals surface area contributed by atoms with Crippen LogP contribution in [0, 0.1) is 0 Å². The summed E-state index contributed by atoms with van der Waals surface area (Å²) in [4.78, 5) is 4.12. The van der Waals surface area contributed by atoms with Gasteiger partial charge in [0.25, 0.3) is 0 Å². The lowest BCUT2D eigenvalue weighted by Crippen LogP contribution is -2.47. The van der Waals surface area contributed by atoms with Gasteiger partial charge in [0, 0.05) is 32.2 Å². The number of hydrogen-bond donors (Lipinski definition) is 0. The van der Waals surface area contributed by atoms with Gasteiger partial charge in [0.2, 0.25) is 0 Å². The number of rotatable bonds is 3. The molecule has 1 aromatic rings. The molecule has 0 aliphatic carbocycles. The van der Waals surface area contributed by atoms with Crippen molar-refractivity contribution in [3.63, 3.8) is 0 Å². The van der Waals surface area contributed by atoms with Gasteiger partial charge in [-0.2, -0.15) is 13.2 Å². The molecule has 1 heterocycles. The molecule has 19 heavy (non-hydrogen) atoms. The molecule has 0 saturated carbocycles. The van der Waals surface area contributed by atoms with Crippen LogP contribution in [0.15, 0.2) is 30.3 Å². The van der Waals surface area contributed by atoms with Crippen molar-refractivity contribution in [1.29, 1.82) is 0 Å². The van der Waals surface area contributed by atoms with Crippen molar-refractivity contribution in [3.8, 4) is 0 Å². The summed E-state index contributed by atoms with van der Waals surface area (Å²) >= 11 is 0. The molecule has 0 unspecified atom stereocenters. The van der Waals surface area contributed by atoms with Gasteiger partial charge in [0.15, 0.2) is 0 Å². The molecular weight excluding hydrogens is 253 g/mol. The first-order chi connectivity index (χ1) is 8.96. The van der Waals surface area contributed by atoms with Gasteiger partial charge in [-0.15, -0.1) is 0 Å². The zero-order valence-electron chi connectivity index (χ0n) is 11.0. The molecule has 1 aliphatic heterocycles. The van der Waals surface area contributed by atoms with E-state index in [1.54, 1.807) is 0 Å². The van der Waals surface area contributed by atoms with E-state index >= 15 is 0 Å². The summed E-state index contributed by atoms with van der Waals surface area (Å²) in [5, 5.41) is 0. The third kappa shape index (κ3) is 4.21. The second-order valence-corrected chi connectivity index (χ2v) is 5.07. The summed E-state index contributed by atoms with van der Waals surface area (Å²) in [6, 6.07) is 10.1. The SMILES string of the molecule is CN1CCN(CCC(F)(F)F)C[C@H]1c1ccccc1. The Morgan fingerprint density at radius 1 is 1.16 bits per heavy atom. The first-order valence-electron chi connectivity index (χ1n) is 6.50. The van der Waals surface area contributed by atoms with Crippen molar-refractivity contribution < 1.29 is 13.2 Å². The van der Waals surface area contributed by atoms with Crippen LogP contribution in [0.2, 0.25) is 0 Å². The molecule has 1 fully saturated rings. The Balaban J connectivity index is 1.97. The van der Waals surface area contributed by atoms with Crippen LogP contribution in [0.1, 0.15) is 18.0 Å². The van der Waals surface area contributed by atoms with Gasteiger partial charge in [0.1, 0.15) is 0 Å². The van der Waals surface area contributed by atoms with Crippen LogP contribution in [-0.4, -0.2) is 49.2 Å². The van der Waals surface area contributed by atoms with Gasteiger partial charge in [-0.1, -0.05) is 30.3 Å². The molecule has 0 radical (unpaired) electrons. The predicted molar refractivity (Wildman–Crippen MR) is 68.9 cm³/mol. The first-order valence-corrected chi connectivity index (χ1v) is 6.50. The molecule has 0 spiro atoms. The summed E-state index contributed by atoms with van der Waals surface area (Å²) in [7, 11) is 2.03. The van der Waals surface area contributed by atoms with Crippen molar-refractivity contribution in [1.82, 2.24) is 9.80 Å². The number of nitrogens with zero attached hydrogens (tertiary/aromatic N) is 2. The fraction of sp³-hybridized carbons (Fsp3) is 0.571. The monoisotopic (exact) mass is 272 g/mol. The quantitative estimate of drug-likeness (QED) is 0.834. The number of hydrogen-bond acceptors (Lipinski definition) is 2. The summed E-state index contributed by atoms with van der Waals surface area (Å²) in [6.07, 6.45) is -4.79. The maximum Gasteiger partial charge on any atom is 0.390 e. The second-order valence-electron chi connectivity index (χ2n) is 5.07. The maximum atomic E-state index is 12.3. The van der Waals surface area contributed by atoms with Crippen molar-refractivity contribution in [3.05, 3.63) is 35.9 Å². The Bertz CT molecular complexity index is 391. The first kappa shape index (κ1) is 14.3. The normalized spacial score (nSPS) is 22.6. The van der Waals surface area contributed by atoms with E-state index in [1.807, 2.05) is 42.3 Å². The molecule has 1 atom stereocenters. The Kier molecular flexibility index (Phi) is 4.47.